The highest BCUT2D eigenvalue weighted by Crippen LogP contribution is 2.39. The summed E-state index contributed by atoms with van der Waals surface area (Å²) in [6.07, 6.45) is 0. The first kappa shape index (κ1) is 11.1. The number of rotatable bonds is 2. The van der Waals surface area contributed by atoms with Crippen molar-refractivity contribution in [3.05, 3.63) is 18.2 Å². The third-order valence-electron chi connectivity index (χ3n) is 2.49. The number of hydrogen-bond acceptors (Lipinski definition) is 4. The number of anilines is 1. The fourth-order valence-electron chi connectivity index (χ4n) is 1.95. The van der Waals surface area contributed by atoms with E-state index in [1.165, 1.54) is 0 Å². The van der Waals surface area contributed by atoms with E-state index in [0.29, 0.717) is 31.1 Å². The van der Waals surface area contributed by atoms with Crippen LogP contribution in [0, 0.1) is 0 Å². The Labute approximate surface area is 95.1 Å². The molecule has 1 aromatic carbocycles. The van der Waals surface area contributed by atoms with E-state index in [2.05, 4.69) is 0 Å². The summed E-state index contributed by atoms with van der Waals surface area (Å²) < 4.78 is 5.47. The average molecular weight is 223 g/mol. The van der Waals surface area contributed by atoms with Crippen LogP contribution in [0.15, 0.2) is 18.2 Å². The van der Waals surface area contributed by atoms with Gasteiger partial charge in [-0.1, -0.05) is 6.07 Å². The number of para-hydroxylation sites is 1. The van der Waals surface area contributed by atoms with Crippen LogP contribution in [0.1, 0.15) is 13.8 Å². The van der Waals surface area contributed by atoms with Gasteiger partial charge >= 0.3 is 0 Å². The molecule has 0 aliphatic carbocycles. The molecular weight excluding hydrogens is 206 g/mol. The molecule has 0 bridgehead atoms. The molecule has 0 saturated carbocycles. The maximum absolute atomic E-state index is 9.82. The van der Waals surface area contributed by atoms with Crippen molar-refractivity contribution in [2.75, 3.05) is 24.6 Å². The van der Waals surface area contributed by atoms with Gasteiger partial charge in [0.15, 0.2) is 0 Å². The van der Waals surface area contributed by atoms with Crippen molar-refractivity contribution in [1.29, 1.82) is 0 Å². The molecule has 0 spiro atoms. The van der Waals surface area contributed by atoms with E-state index in [1.54, 1.807) is 26.0 Å². The van der Waals surface area contributed by atoms with Gasteiger partial charge in [-0.2, -0.15) is 0 Å². The molecule has 0 fully saturated rings. The summed E-state index contributed by atoms with van der Waals surface area (Å²) in [5, 5.41) is 19.6. The van der Waals surface area contributed by atoms with E-state index in [1.807, 2.05) is 11.0 Å². The highest BCUT2D eigenvalue weighted by atomic mass is 16.5. The van der Waals surface area contributed by atoms with E-state index >= 15 is 0 Å². The van der Waals surface area contributed by atoms with Crippen molar-refractivity contribution < 1.29 is 14.9 Å². The molecular formula is C12H17NO3. The van der Waals surface area contributed by atoms with Crippen LogP contribution >= 0.6 is 0 Å². The zero-order valence-corrected chi connectivity index (χ0v) is 9.60. The third kappa shape index (κ3) is 2.22. The lowest BCUT2D eigenvalue weighted by molar-refractivity contribution is 0.0853. The number of β-amino-alcohol motifs (C(OH)–C–C–N with tert-alkyl or cyclic N) is 1. The maximum Gasteiger partial charge on any atom is 0.146 e. The summed E-state index contributed by atoms with van der Waals surface area (Å²) in [5.41, 5.74) is -0.118. The Morgan fingerprint density at radius 3 is 2.88 bits per heavy atom. The molecule has 0 saturated heterocycles. The van der Waals surface area contributed by atoms with E-state index < -0.39 is 5.60 Å². The van der Waals surface area contributed by atoms with Crippen LogP contribution in [0.5, 0.6) is 11.5 Å². The molecule has 0 atom stereocenters. The van der Waals surface area contributed by atoms with Gasteiger partial charge in [0.1, 0.15) is 23.8 Å². The molecule has 0 radical (unpaired) electrons. The third-order valence-corrected chi connectivity index (χ3v) is 2.49. The SMILES string of the molecule is CC(C)(O)CN1CCOc2cccc(O)c21. The van der Waals surface area contributed by atoms with E-state index in [0.717, 1.165) is 0 Å². The minimum Gasteiger partial charge on any atom is -0.506 e. The van der Waals surface area contributed by atoms with Crippen molar-refractivity contribution in [3.8, 4) is 11.5 Å². The summed E-state index contributed by atoms with van der Waals surface area (Å²) in [7, 11) is 0. The summed E-state index contributed by atoms with van der Waals surface area (Å²) in [4.78, 5) is 1.95. The number of benzene rings is 1. The molecule has 4 heteroatoms. The number of nitrogens with zero attached hydrogens (tertiary/aromatic N) is 1. The first-order valence-electron chi connectivity index (χ1n) is 5.39. The standard InChI is InChI=1S/C12H17NO3/c1-12(2,15)8-13-6-7-16-10-5-3-4-9(14)11(10)13/h3-5,14-15H,6-8H2,1-2H3. The molecule has 1 aromatic rings. The normalized spacial score (nSPS) is 15.6. The van der Waals surface area contributed by atoms with Gasteiger partial charge in [0.05, 0.1) is 12.1 Å². The molecule has 0 aromatic heterocycles. The van der Waals surface area contributed by atoms with Crippen molar-refractivity contribution in [2.45, 2.75) is 19.4 Å². The summed E-state index contributed by atoms with van der Waals surface area (Å²) >= 11 is 0. The number of hydrogen-bond donors (Lipinski definition) is 2. The maximum atomic E-state index is 9.82. The number of aromatic hydroxyl groups is 1. The molecule has 16 heavy (non-hydrogen) atoms. The van der Waals surface area contributed by atoms with Crippen LogP contribution in [-0.4, -0.2) is 35.5 Å². The zero-order valence-electron chi connectivity index (χ0n) is 9.60. The highest BCUT2D eigenvalue weighted by molar-refractivity contribution is 5.68. The van der Waals surface area contributed by atoms with Crippen LogP contribution in [0.25, 0.3) is 0 Å². The van der Waals surface area contributed by atoms with Gasteiger partial charge in [-0.15, -0.1) is 0 Å². The smallest absolute Gasteiger partial charge is 0.146 e. The molecule has 4 nitrogen and oxygen atoms in total. The van der Waals surface area contributed by atoms with Crippen LogP contribution in [0.3, 0.4) is 0 Å². The molecule has 1 aliphatic rings. The van der Waals surface area contributed by atoms with E-state index in [4.69, 9.17) is 4.74 Å². The number of aliphatic hydroxyl groups is 1. The van der Waals surface area contributed by atoms with Gasteiger partial charge in [-0.05, 0) is 26.0 Å². The van der Waals surface area contributed by atoms with Gasteiger partial charge in [0, 0.05) is 6.54 Å². The first-order chi connectivity index (χ1) is 7.47. The van der Waals surface area contributed by atoms with Crippen LogP contribution < -0.4 is 9.64 Å². The average Bonchev–Trinajstić information content (AvgIpc) is 2.15. The Balaban J connectivity index is 2.32. The Morgan fingerprint density at radius 2 is 2.19 bits per heavy atom. The lowest BCUT2D eigenvalue weighted by Gasteiger charge is -2.35. The number of phenols is 1. The largest absolute Gasteiger partial charge is 0.506 e. The van der Waals surface area contributed by atoms with E-state index in [-0.39, 0.29) is 5.75 Å². The number of ether oxygens (including phenoxy) is 1. The Morgan fingerprint density at radius 1 is 1.44 bits per heavy atom. The quantitative estimate of drug-likeness (QED) is 0.795. The van der Waals surface area contributed by atoms with Crippen molar-refractivity contribution in [1.82, 2.24) is 0 Å². The lowest BCUT2D eigenvalue weighted by Crippen LogP contribution is -2.42. The van der Waals surface area contributed by atoms with Crippen molar-refractivity contribution in [3.63, 3.8) is 0 Å². The van der Waals surface area contributed by atoms with Gasteiger partial charge in [-0.25, -0.2) is 0 Å². The molecule has 0 unspecified atom stereocenters. The second-order valence-corrected chi connectivity index (χ2v) is 4.71. The molecule has 1 heterocycles. The summed E-state index contributed by atoms with van der Waals surface area (Å²) in [6, 6.07) is 5.21. The molecule has 1 aliphatic heterocycles. The molecule has 2 rings (SSSR count). The van der Waals surface area contributed by atoms with E-state index in [9.17, 15) is 10.2 Å². The summed E-state index contributed by atoms with van der Waals surface area (Å²) in [5.74, 6) is 0.872. The van der Waals surface area contributed by atoms with Crippen LogP contribution in [-0.2, 0) is 0 Å². The van der Waals surface area contributed by atoms with Crippen LogP contribution in [0.4, 0.5) is 5.69 Å². The topological polar surface area (TPSA) is 52.9 Å². The van der Waals surface area contributed by atoms with Crippen molar-refractivity contribution in [2.24, 2.45) is 0 Å². The Hall–Kier alpha value is -1.42. The Kier molecular flexibility index (Phi) is 2.68. The highest BCUT2D eigenvalue weighted by Gasteiger charge is 2.26. The minimum atomic E-state index is -0.795. The second kappa shape index (κ2) is 3.87. The minimum absolute atomic E-state index is 0.196. The lowest BCUT2D eigenvalue weighted by atomic mass is 10.1. The summed E-state index contributed by atoms with van der Waals surface area (Å²) in [6.45, 7) is 5.23. The predicted molar refractivity (Wildman–Crippen MR) is 62.1 cm³/mol. The molecule has 2 N–H and O–H groups in total. The van der Waals surface area contributed by atoms with Gasteiger partial charge in [0.2, 0.25) is 0 Å². The predicted octanol–water partition coefficient (Wildman–Crippen LogP) is 1.36. The van der Waals surface area contributed by atoms with Crippen molar-refractivity contribution >= 4 is 5.69 Å². The van der Waals surface area contributed by atoms with Gasteiger partial charge in [0.25, 0.3) is 0 Å². The first-order valence-corrected chi connectivity index (χ1v) is 5.39. The monoisotopic (exact) mass is 223 g/mol. The molecule has 88 valence electrons. The number of fused-ring (bicyclic) bond motifs is 1. The second-order valence-electron chi connectivity index (χ2n) is 4.71. The zero-order chi connectivity index (χ0) is 11.8. The molecule has 0 amide bonds. The fraction of sp³-hybridized carbons (Fsp3) is 0.500. The van der Waals surface area contributed by atoms with Gasteiger partial charge in [-0.3, -0.25) is 0 Å². The Bertz CT molecular complexity index is 384. The fourth-order valence-corrected chi connectivity index (χ4v) is 1.95. The number of phenolic OH excluding ortho intramolecular Hbond substituents is 1. The van der Waals surface area contributed by atoms with Gasteiger partial charge < -0.3 is 19.8 Å². The van der Waals surface area contributed by atoms with Crippen LogP contribution in [0.2, 0.25) is 0 Å².